The molecule has 0 amide bonds. The number of nitrogens with zero attached hydrogens (tertiary/aromatic N) is 2. The van der Waals surface area contributed by atoms with E-state index in [4.69, 9.17) is 11.6 Å². The van der Waals surface area contributed by atoms with Gasteiger partial charge in [0, 0.05) is 17.9 Å². The van der Waals surface area contributed by atoms with Crippen molar-refractivity contribution in [2.24, 2.45) is 5.92 Å². The zero-order valence-electron chi connectivity index (χ0n) is 14.9. The molecule has 0 aliphatic heterocycles. The van der Waals surface area contributed by atoms with Crippen molar-refractivity contribution in [2.75, 3.05) is 0 Å². The number of halogens is 3. The largest absolute Gasteiger partial charge is 0.352 e. The Hall–Kier alpha value is -2.27. The molecule has 1 heterocycles. The maximum Gasteiger partial charge on any atom is 0.352 e. The number of alkyl halides is 2. The van der Waals surface area contributed by atoms with E-state index in [1.54, 1.807) is 30.3 Å². The molecule has 140 valence electrons. The fraction of sp³-hybridized carbons (Fsp3) is 0.333. The predicted octanol–water partition coefficient (Wildman–Crippen LogP) is 5.49. The Kier molecular flexibility index (Phi) is 4.50. The van der Waals surface area contributed by atoms with Crippen LogP contribution in [-0.4, -0.2) is 9.55 Å². The number of hydrogen-bond acceptors (Lipinski definition) is 2. The molecule has 3 aromatic rings. The summed E-state index contributed by atoms with van der Waals surface area (Å²) in [6.45, 7) is 0.849. The summed E-state index contributed by atoms with van der Waals surface area (Å²) < 4.78 is 29.2. The van der Waals surface area contributed by atoms with Gasteiger partial charge >= 0.3 is 5.69 Å². The molecule has 1 aliphatic rings. The molecule has 0 saturated heterocycles. The van der Waals surface area contributed by atoms with Gasteiger partial charge in [0.1, 0.15) is 0 Å². The van der Waals surface area contributed by atoms with E-state index in [0.717, 1.165) is 13.3 Å². The first kappa shape index (κ1) is 18.1. The smallest absolute Gasteiger partial charge is 0.259 e. The van der Waals surface area contributed by atoms with E-state index >= 15 is 0 Å². The van der Waals surface area contributed by atoms with Crippen molar-refractivity contribution < 1.29 is 8.78 Å². The lowest BCUT2D eigenvalue weighted by Crippen LogP contribution is -2.24. The van der Waals surface area contributed by atoms with Crippen molar-refractivity contribution in [3.63, 3.8) is 0 Å². The summed E-state index contributed by atoms with van der Waals surface area (Å²) in [5, 5.41) is 1.07. The highest BCUT2D eigenvalue weighted by Crippen LogP contribution is 2.35. The Morgan fingerprint density at radius 3 is 2.63 bits per heavy atom. The van der Waals surface area contributed by atoms with Gasteiger partial charge < -0.3 is 0 Å². The van der Waals surface area contributed by atoms with Crippen LogP contribution in [0, 0.1) is 5.92 Å². The number of benzene rings is 2. The second-order valence-electron chi connectivity index (χ2n) is 7.23. The van der Waals surface area contributed by atoms with Crippen LogP contribution in [-0.2, 0) is 12.3 Å². The maximum atomic E-state index is 13.9. The zero-order valence-corrected chi connectivity index (χ0v) is 15.6. The van der Waals surface area contributed by atoms with E-state index in [0.29, 0.717) is 39.6 Å². The van der Waals surface area contributed by atoms with E-state index in [-0.39, 0.29) is 5.56 Å². The van der Waals surface area contributed by atoms with Gasteiger partial charge in [-0.25, -0.2) is 13.6 Å². The van der Waals surface area contributed by atoms with Gasteiger partial charge in [0.05, 0.1) is 21.9 Å². The highest BCUT2D eigenvalue weighted by Gasteiger charge is 2.26. The topological polar surface area (TPSA) is 34.9 Å². The van der Waals surface area contributed by atoms with Crippen LogP contribution in [0.5, 0.6) is 0 Å². The minimum Gasteiger partial charge on any atom is -0.259 e. The van der Waals surface area contributed by atoms with Crippen LogP contribution >= 0.6 is 11.6 Å². The maximum absolute atomic E-state index is 13.9. The lowest BCUT2D eigenvalue weighted by Gasteiger charge is -2.17. The summed E-state index contributed by atoms with van der Waals surface area (Å²) in [4.78, 5) is 17.1. The molecule has 1 saturated carbocycles. The highest BCUT2D eigenvalue weighted by atomic mass is 35.5. The van der Waals surface area contributed by atoms with E-state index in [9.17, 15) is 13.6 Å². The van der Waals surface area contributed by atoms with E-state index in [2.05, 4.69) is 4.98 Å². The lowest BCUT2D eigenvalue weighted by molar-refractivity contribution is 0.0176. The number of rotatable bonds is 5. The quantitative estimate of drug-likeness (QED) is 0.579. The fourth-order valence-electron chi connectivity index (χ4n) is 3.37. The standard InChI is InChI=1S/C21H19ClF2N2O/c1-21(23,24)14-9-10-15-17(11-8-13-6-7-13)25-20(27)26(19(15)12-14)18-5-3-2-4-16(18)22/h2-5,9-10,12-13H,6-8,11H2,1H3. The third kappa shape index (κ3) is 3.61. The van der Waals surface area contributed by atoms with Crippen molar-refractivity contribution in [1.29, 1.82) is 0 Å². The first-order valence-corrected chi connectivity index (χ1v) is 9.41. The van der Waals surface area contributed by atoms with Crippen LogP contribution in [0.4, 0.5) is 8.78 Å². The molecule has 3 nitrogen and oxygen atoms in total. The molecule has 0 unspecified atom stereocenters. The van der Waals surface area contributed by atoms with Gasteiger partial charge in [-0.2, -0.15) is 4.98 Å². The minimum absolute atomic E-state index is 0.144. The van der Waals surface area contributed by atoms with Gasteiger partial charge in [-0.3, -0.25) is 4.57 Å². The Morgan fingerprint density at radius 1 is 1.22 bits per heavy atom. The van der Waals surface area contributed by atoms with Crippen LogP contribution in [0.25, 0.3) is 16.6 Å². The van der Waals surface area contributed by atoms with Crippen LogP contribution in [0.1, 0.15) is 37.4 Å². The zero-order chi connectivity index (χ0) is 19.2. The summed E-state index contributed by atoms with van der Waals surface area (Å²) in [6, 6.07) is 11.3. The molecular weight excluding hydrogens is 370 g/mol. The van der Waals surface area contributed by atoms with Gasteiger partial charge in [-0.15, -0.1) is 0 Å². The van der Waals surface area contributed by atoms with E-state index in [1.807, 2.05) is 0 Å². The third-order valence-corrected chi connectivity index (χ3v) is 5.38. The average molecular weight is 389 g/mol. The number of fused-ring (bicyclic) bond motifs is 1. The molecule has 4 rings (SSSR count). The number of hydrogen-bond donors (Lipinski definition) is 0. The van der Waals surface area contributed by atoms with Crippen molar-refractivity contribution in [2.45, 2.75) is 38.5 Å². The van der Waals surface area contributed by atoms with Crippen LogP contribution in [0.3, 0.4) is 0 Å². The SMILES string of the molecule is CC(F)(F)c1ccc2c(CCC3CC3)nc(=O)n(-c3ccccc3Cl)c2c1. The van der Waals surface area contributed by atoms with Crippen molar-refractivity contribution >= 4 is 22.5 Å². The van der Waals surface area contributed by atoms with Gasteiger partial charge in [-0.05, 0) is 37.0 Å². The minimum atomic E-state index is -3.01. The Labute approximate surface area is 160 Å². The molecule has 1 aromatic heterocycles. The third-order valence-electron chi connectivity index (χ3n) is 5.06. The molecule has 6 heteroatoms. The van der Waals surface area contributed by atoms with Gasteiger partial charge in [-0.1, -0.05) is 48.7 Å². The summed E-state index contributed by atoms with van der Waals surface area (Å²) in [7, 11) is 0. The second kappa shape index (κ2) is 6.71. The van der Waals surface area contributed by atoms with Crippen LogP contribution < -0.4 is 5.69 Å². The Bertz CT molecular complexity index is 1070. The van der Waals surface area contributed by atoms with Crippen molar-refractivity contribution in [3.05, 3.63) is 69.2 Å². The molecule has 0 atom stereocenters. The summed E-state index contributed by atoms with van der Waals surface area (Å²) in [5.74, 6) is -2.32. The molecule has 27 heavy (non-hydrogen) atoms. The second-order valence-corrected chi connectivity index (χ2v) is 7.64. The molecule has 0 bridgehead atoms. The lowest BCUT2D eigenvalue weighted by atomic mass is 10.0. The summed E-state index contributed by atoms with van der Waals surface area (Å²) in [6.07, 6.45) is 4.05. The van der Waals surface area contributed by atoms with Crippen molar-refractivity contribution in [3.8, 4) is 5.69 Å². The number of aryl methyl sites for hydroxylation is 1. The van der Waals surface area contributed by atoms with Gasteiger partial charge in [0.2, 0.25) is 0 Å². The molecule has 0 radical (unpaired) electrons. The van der Waals surface area contributed by atoms with Crippen LogP contribution in [0.2, 0.25) is 5.02 Å². The summed E-state index contributed by atoms with van der Waals surface area (Å²) in [5.41, 5.74) is 0.864. The Morgan fingerprint density at radius 2 is 1.96 bits per heavy atom. The number of para-hydroxylation sites is 1. The van der Waals surface area contributed by atoms with E-state index in [1.165, 1.54) is 29.5 Å². The predicted molar refractivity (Wildman–Crippen MR) is 103 cm³/mol. The first-order chi connectivity index (χ1) is 12.8. The first-order valence-electron chi connectivity index (χ1n) is 9.03. The monoisotopic (exact) mass is 388 g/mol. The van der Waals surface area contributed by atoms with Gasteiger partial charge in [0.25, 0.3) is 5.92 Å². The highest BCUT2D eigenvalue weighted by molar-refractivity contribution is 6.32. The molecule has 1 fully saturated rings. The molecular formula is C21H19ClF2N2O. The summed E-state index contributed by atoms with van der Waals surface area (Å²) >= 11 is 6.28. The average Bonchev–Trinajstić information content (AvgIpc) is 3.44. The Balaban J connectivity index is 1.98. The van der Waals surface area contributed by atoms with E-state index < -0.39 is 11.6 Å². The normalized spacial score (nSPS) is 14.7. The fourth-order valence-corrected chi connectivity index (χ4v) is 3.59. The molecule has 0 spiro atoms. The molecule has 1 aliphatic carbocycles. The molecule has 2 aromatic carbocycles. The van der Waals surface area contributed by atoms with Crippen molar-refractivity contribution in [1.82, 2.24) is 9.55 Å². The number of aromatic nitrogens is 2. The van der Waals surface area contributed by atoms with Gasteiger partial charge in [0.15, 0.2) is 0 Å². The molecule has 0 N–H and O–H groups in total. The van der Waals surface area contributed by atoms with Crippen LogP contribution in [0.15, 0.2) is 47.3 Å².